The van der Waals surface area contributed by atoms with Crippen LogP contribution in [0.1, 0.15) is 41.3 Å². The summed E-state index contributed by atoms with van der Waals surface area (Å²) in [7, 11) is 0. The molecule has 31 heavy (non-hydrogen) atoms. The zero-order valence-electron chi connectivity index (χ0n) is 17.8. The SMILES string of the molecule is CC(CNC(=O)[C@H]1CCCN(C(=O)c2ccoc2)C1)(c1ccccc1)c1ccccc1. The van der Waals surface area contributed by atoms with Gasteiger partial charge in [0.25, 0.3) is 5.91 Å². The van der Waals surface area contributed by atoms with Crippen LogP contribution in [0.15, 0.2) is 83.7 Å². The molecule has 0 unspecified atom stereocenters. The first-order valence-electron chi connectivity index (χ1n) is 10.8. The first kappa shape index (κ1) is 20.9. The van der Waals surface area contributed by atoms with E-state index in [9.17, 15) is 9.59 Å². The lowest BCUT2D eigenvalue weighted by Crippen LogP contribution is -2.48. The zero-order valence-corrected chi connectivity index (χ0v) is 17.8. The number of rotatable bonds is 6. The molecule has 2 amide bonds. The summed E-state index contributed by atoms with van der Waals surface area (Å²) in [4.78, 5) is 27.5. The molecule has 3 aromatic rings. The van der Waals surface area contributed by atoms with Crippen molar-refractivity contribution >= 4 is 11.8 Å². The van der Waals surface area contributed by atoms with Gasteiger partial charge in [0.2, 0.25) is 5.91 Å². The predicted molar refractivity (Wildman–Crippen MR) is 120 cm³/mol. The van der Waals surface area contributed by atoms with Crippen molar-refractivity contribution in [2.75, 3.05) is 19.6 Å². The van der Waals surface area contributed by atoms with Crippen LogP contribution >= 0.6 is 0 Å². The number of hydrogen-bond acceptors (Lipinski definition) is 3. The number of nitrogens with zero attached hydrogens (tertiary/aromatic N) is 1. The predicted octanol–water partition coefficient (Wildman–Crippen LogP) is 4.25. The van der Waals surface area contributed by atoms with Gasteiger partial charge >= 0.3 is 0 Å². The van der Waals surface area contributed by atoms with Crippen molar-refractivity contribution in [2.45, 2.75) is 25.2 Å². The van der Waals surface area contributed by atoms with Crippen molar-refractivity contribution in [3.63, 3.8) is 0 Å². The van der Waals surface area contributed by atoms with E-state index in [0.717, 1.165) is 24.0 Å². The molecule has 0 bridgehead atoms. The Hall–Kier alpha value is -3.34. The molecule has 4 rings (SSSR count). The molecule has 160 valence electrons. The minimum atomic E-state index is -0.348. The van der Waals surface area contributed by atoms with Crippen LogP contribution in [0.5, 0.6) is 0 Å². The summed E-state index contributed by atoms with van der Waals surface area (Å²) in [5, 5.41) is 3.19. The Labute approximate surface area is 183 Å². The van der Waals surface area contributed by atoms with E-state index in [2.05, 4.69) is 36.5 Å². The molecule has 1 atom stereocenters. The van der Waals surface area contributed by atoms with Crippen LogP contribution in [0.25, 0.3) is 0 Å². The Morgan fingerprint density at radius 3 is 2.26 bits per heavy atom. The Morgan fingerprint density at radius 1 is 1.03 bits per heavy atom. The number of furan rings is 1. The molecule has 0 spiro atoms. The number of nitrogens with one attached hydrogen (secondary N) is 1. The van der Waals surface area contributed by atoms with Gasteiger partial charge < -0.3 is 14.6 Å². The zero-order chi connectivity index (χ0) is 21.7. The Balaban J connectivity index is 1.46. The fraction of sp³-hybridized carbons (Fsp3) is 0.308. The second-order valence-electron chi connectivity index (χ2n) is 8.38. The molecular weight excluding hydrogens is 388 g/mol. The van der Waals surface area contributed by atoms with Crippen molar-refractivity contribution in [3.8, 4) is 0 Å². The molecule has 2 heterocycles. The molecule has 5 nitrogen and oxygen atoms in total. The molecule has 1 aliphatic heterocycles. The van der Waals surface area contributed by atoms with Gasteiger partial charge in [0, 0.05) is 25.0 Å². The first-order chi connectivity index (χ1) is 15.1. The third-order valence-electron chi connectivity index (χ3n) is 6.29. The fourth-order valence-corrected chi connectivity index (χ4v) is 4.34. The molecule has 2 aromatic carbocycles. The van der Waals surface area contributed by atoms with E-state index in [0.29, 0.717) is 25.2 Å². The number of hydrogen-bond donors (Lipinski definition) is 1. The van der Waals surface area contributed by atoms with Crippen LogP contribution in [0, 0.1) is 5.92 Å². The molecule has 5 heteroatoms. The largest absolute Gasteiger partial charge is 0.472 e. The second-order valence-corrected chi connectivity index (χ2v) is 8.38. The van der Waals surface area contributed by atoms with E-state index >= 15 is 0 Å². The molecule has 0 saturated carbocycles. The molecule has 1 fully saturated rings. The van der Waals surface area contributed by atoms with Gasteiger partial charge in [-0.1, -0.05) is 60.7 Å². The maximum Gasteiger partial charge on any atom is 0.257 e. The van der Waals surface area contributed by atoms with E-state index < -0.39 is 0 Å². The van der Waals surface area contributed by atoms with Crippen molar-refractivity contribution < 1.29 is 14.0 Å². The third kappa shape index (κ3) is 4.55. The van der Waals surface area contributed by atoms with Crippen molar-refractivity contribution in [3.05, 3.63) is 95.9 Å². The normalized spacial score (nSPS) is 16.7. The van der Waals surface area contributed by atoms with E-state index in [1.807, 2.05) is 36.4 Å². The smallest absolute Gasteiger partial charge is 0.257 e. The summed E-state index contributed by atoms with van der Waals surface area (Å²) in [5.74, 6) is -0.284. The van der Waals surface area contributed by atoms with Gasteiger partial charge in [-0.05, 0) is 37.0 Å². The number of carbonyl (C=O) groups is 2. The number of amides is 2. The summed E-state index contributed by atoms with van der Waals surface area (Å²) in [6, 6.07) is 22.2. The van der Waals surface area contributed by atoms with Crippen LogP contribution in [-0.4, -0.2) is 36.3 Å². The summed E-state index contributed by atoms with van der Waals surface area (Å²) in [6.45, 7) is 3.75. The topological polar surface area (TPSA) is 62.6 Å². The highest BCUT2D eigenvalue weighted by atomic mass is 16.3. The first-order valence-corrected chi connectivity index (χ1v) is 10.8. The molecule has 0 radical (unpaired) electrons. The van der Waals surface area contributed by atoms with Crippen molar-refractivity contribution in [2.24, 2.45) is 5.92 Å². The lowest BCUT2D eigenvalue weighted by atomic mass is 9.76. The summed E-state index contributed by atoms with van der Waals surface area (Å²) >= 11 is 0. The third-order valence-corrected chi connectivity index (χ3v) is 6.29. The summed E-state index contributed by atoms with van der Waals surface area (Å²) < 4.78 is 5.03. The van der Waals surface area contributed by atoms with Crippen LogP contribution in [-0.2, 0) is 10.2 Å². The summed E-state index contributed by atoms with van der Waals surface area (Å²) in [6.07, 6.45) is 4.55. The molecule has 1 N–H and O–H groups in total. The van der Waals surface area contributed by atoms with Gasteiger partial charge in [-0.2, -0.15) is 0 Å². The highest BCUT2D eigenvalue weighted by molar-refractivity contribution is 5.94. The van der Waals surface area contributed by atoms with Crippen LogP contribution < -0.4 is 5.32 Å². The molecule has 1 aromatic heterocycles. The number of benzene rings is 2. The van der Waals surface area contributed by atoms with E-state index in [1.54, 1.807) is 11.0 Å². The van der Waals surface area contributed by atoms with E-state index in [-0.39, 0.29) is 23.1 Å². The van der Waals surface area contributed by atoms with Crippen molar-refractivity contribution in [1.29, 1.82) is 0 Å². The Kier molecular flexibility index (Phi) is 6.21. The average Bonchev–Trinajstić information content (AvgIpc) is 3.38. The van der Waals surface area contributed by atoms with Crippen LogP contribution in [0.4, 0.5) is 0 Å². The van der Waals surface area contributed by atoms with Crippen LogP contribution in [0.2, 0.25) is 0 Å². The van der Waals surface area contributed by atoms with Crippen molar-refractivity contribution in [1.82, 2.24) is 10.2 Å². The maximum atomic E-state index is 13.1. The minimum absolute atomic E-state index is 0.00257. The molecule has 0 aliphatic carbocycles. The Bertz CT molecular complexity index is 960. The summed E-state index contributed by atoms with van der Waals surface area (Å²) in [5.41, 5.74) is 2.49. The number of likely N-dealkylation sites (tertiary alicyclic amines) is 1. The monoisotopic (exact) mass is 416 g/mol. The standard InChI is InChI=1S/C26H28N2O3/c1-26(22-10-4-2-5-11-22,23-12-6-3-7-13-23)19-27-24(29)20-9-8-15-28(17-20)25(30)21-14-16-31-18-21/h2-7,10-14,16,18,20H,8-9,15,17,19H2,1H3,(H,27,29)/t20-/m0/s1. The highest BCUT2D eigenvalue weighted by Gasteiger charge is 2.33. The van der Waals surface area contributed by atoms with Gasteiger partial charge in [-0.15, -0.1) is 0 Å². The lowest BCUT2D eigenvalue weighted by molar-refractivity contribution is -0.126. The minimum Gasteiger partial charge on any atom is -0.472 e. The van der Waals surface area contributed by atoms with Gasteiger partial charge in [0.1, 0.15) is 6.26 Å². The second kappa shape index (κ2) is 9.21. The highest BCUT2D eigenvalue weighted by Crippen LogP contribution is 2.31. The maximum absolute atomic E-state index is 13.1. The van der Waals surface area contributed by atoms with Gasteiger partial charge in [-0.3, -0.25) is 9.59 Å². The fourth-order valence-electron chi connectivity index (χ4n) is 4.34. The quantitative estimate of drug-likeness (QED) is 0.653. The number of piperidine rings is 1. The van der Waals surface area contributed by atoms with E-state index in [4.69, 9.17) is 4.42 Å². The number of carbonyl (C=O) groups excluding carboxylic acids is 2. The molecular formula is C26H28N2O3. The molecule has 1 aliphatic rings. The lowest BCUT2D eigenvalue weighted by Gasteiger charge is -2.34. The average molecular weight is 417 g/mol. The Morgan fingerprint density at radius 2 is 1.68 bits per heavy atom. The van der Waals surface area contributed by atoms with Gasteiger partial charge in [0.05, 0.1) is 17.7 Å². The van der Waals surface area contributed by atoms with Crippen LogP contribution in [0.3, 0.4) is 0 Å². The van der Waals surface area contributed by atoms with E-state index in [1.165, 1.54) is 12.5 Å². The molecule has 1 saturated heterocycles. The van der Waals surface area contributed by atoms with Gasteiger partial charge in [-0.25, -0.2) is 0 Å². The van der Waals surface area contributed by atoms with Gasteiger partial charge in [0.15, 0.2) is 0 Å².